The highest BCUT2D eigenvalue weighted by atomic mass is 17.0. The predicted molar refractivity (Wildman–Crippen MR) is 63.9 cm³/mol. The molecule has 0 saturated carbocycles. The van der Waals surface area contributed by atoms with Crippen LogP contribution in [-0.2, 0) is 24.0 Å². The molecule has 8 nitrogen and oxygen atoms in total. The zero-order valence-corrected chi connectivity index (χ0v) is 11.7. The van der Waals surface area contributed by atoms with E-state index in [1.54, 1.807) is 26.8 Å². The van der Waals surface area contributed by atoms with Crippen LogP contribution in [0.5, 0.6) is 0 Å². The maximum Gasteiger partial charge on any atom is 0.361 e. The molecule has 0 aromatic heterocycles. The molecule has 19 heavy (non-hydrogen) atoms. The zero-order valence-electron chi connectivity index (χ0n) is 11.7. The molecule has 108 valence electrons. The number of hydrogen-bond donors (Lipinski definition) is 0. The molecule has 0 radical (unpaired) electrons. The number of carbonyl (C=O) groups excluding carboxylic acids is 2. The van der Waals surface area contributed by atoms with Crippen molar-refractivity contribution in [3.63, 3.8) is 0 Å². The Morgan fingerprint density at radius 1 is 1.32 bits per heavy atom. The third-order valence-corrected chi connectivity index (χ3v) is 1.91. The van der Waals surface area contributed by atoms with Gasteiger partial charge in [-0.3, -0.25) is 14.5 Å². The molecule has 0 rings (SSSR count). The third-order valence-electron chi connectivity index (χ3n) is 1.91. The first-order valence-corrected chi connectivity index (χ1v) is 5.72. The summed E-state index contributed by atoms with van der Waals surface area (Å²) in [7, 11) is 2.53. The van der Waals surface area contributed by atoms with E-state index in [1.165, 1.54) is 14.2 Å². The summed E-state index contributed by atoms with van der Waals surface area (Å²) < 4.78 is 4.74. The summed E-state index contributed by atoms with van der Waals surface area (Å²) in [5.74, 6) is -2.00. The lowest BCUT2D eigenvalue weighted by atomic mass is 10.4. The zero-order chi connectivity index (χ0) is 15.0. The average molecular weight is 273 g/mol. The normalized spacial score (nSPS) is 11.8. The number of rotatable bonds is 6. The minimum Gasteiger partial charge on any atom is -0.349 e. The van der Waals surface area contributed by atoms with Crippen LogP contribution in [0.15, 0.2) is 0 Å². The van der Waals surface area contributed by atoms with Gasteiger partial charge in [0.05, 0.1) is 12.7 Å². The highest BCUT2D eigenvalue weighted by Gasteiger charge is 2.31. The fraction of sp³-hybridized carbons (Fsp3) is 0.727. The maximum absolute atomic E-state index is 11.9. The third kappa shape index (κ3) is 5.21. The van der Waals surface area contributed by atoms with E-state index in [4.69, 9.17) is 19.7 Å². The van der Waals surface area contributed by atoms with E-state index >= 15 is 0 Å². The van der Waals surface area contributed by atoms with Gasteiger partial charge in [0.25, 0.3) is 0 Å². The molecule has 0 saturated heterocycles. The summed E-state index contributed by atoms with van der Waals surface area (Å²) in [6, 6.07) is 1.73. The van der Waals surface area contributed by atoms with Gasteiger partial charge < -0.3 is 4.74 Å². The van der Waals surface area contributed by atoms with Crippen LogP contribution in [0, 0.1) is 11.3 Å². The van der Waals surface area contributed by atoms with E-state index < -0.39 is 18.0 Å². The van der Waals surface area contributed by atoms with Gasteiger partial charge in [-0.25, -0.2) is 9.68 Å². The Balaban J connectivity index is 4.84. The highest BCUT2D eigenvalue weighted by molar-refractivity contribution is 6.34. The topological polar surface area (TPSA) is 92.1 Å². The second-order valence-electron chi connectivity index (χ2n) is 3.77. The van der Waals surface area contributed by atoms with E-state index in [-0.39, 0.29) is 12.7 Å². The number of methoxy groups -OCH3 is 1. The van der Waals surface area contributed by atoms with Crippen molar-refractivity contribution in [3.8, 4) is 6.07 Å². The first-order chi connectivity index (χ1) is 8.88. The molecule has 0 heterocycles. The highest BCUT2D eigenvalue weighted by Crippen LogP contribution is 2.04. The van der Waals surface area contributed by atoms with Crippen LogP contribution in [0.4, 0.5) is 0 Å². The Morgan fingerprint density at radius 2 is 1.89 bits per heavy atom. The molecule has 0 N–H and O–H groups in total. The number of nitrogens with zero attached hydrogens (tertiary/aromatic N) is 3. The Kier molecular flexibility index (Phi) is 7.67. The quantitative estimate of drug-likeness (QED) is 0.386. The molecule has 0 aromatic rings. The molecule has 0 aliphatic rings. The maximum atomic E-state index is 11.9. The monoisotopic (exact) mass is 273 g/mol. The number of likely N-dealkylation sites (N-methyl/N-ethyl adjacent to an activating group) is 1. The van der Waals surface area contributed by atoms with Crippen molar-refractivity contribution in [2.75, 3.05) is 20.8 Å². The van der Waals surface area contributed by atoms with E-state index in [9.17, 15) is 9.59 Å². The number of nitriles is 1. The summed E-state index contributed by atoms with van der Waals surface area (Å²) in [6.45, 7) is 5.16. The molecule has 0 bridgehead atoms. The molecule has 0 aliphatic carbocycles. The summed E-state index contributed by atoms with van der Waals surface area (Å²) in [5.41, 5.74) is 0. The van der Waals surface area contributed by atoms with Crippen molar-refractivity contribution < 1.29 is 24.0 Å². The van der Waals surface area contributed by atoms with E-state index in [0.717, 1.165) is 4.90 Å². The molecule has 8 heteroatoms. The van der Waals surface area contributed by atoms with Crippen LogP contribution in [-0.4, -0.2) is 55.0 Å². The lowest BCUT2D eigenvalue weighted by Gasteiger charge is -2.25. The van der Waals surface area contributed by atoms with Gasteiger partial charge in [-0.1, -0.05) is 5.23 Å². The van der Waals surface area contributed by atoms with Crippen molar-refractivity contribution in [1.29, 1.82) is 5.26 Å². The van der Waals surface area contributed by atoms with Crippen molar-refractivity contribution in [2.45, 2.75) is 33.1 Å². The van der Waals surface area contributed by atoms with Gasteiger partial charge in [-0.15, -0.1) is 0 Å². The SMILES string of the molecule is CCON(OC(C)C)C(=O)C(=O)N(C)C(C#N)OC. The number of carbonyl (C=O) groups is 2. The largest absolute Gasteiger partial charge is 0.361 e. The van der Waals surface area contributed by atoms with Gasteiger partial charge in [0, 0.05) is 14.2 Å². The number of amides is 2. The molecule has 0 spiro atoms. The Labute approximate surface area is 112 Å². The minimum atomic E-state index is -1.15. The Hall–Kier alpha value is -1.69. The van der Waals surface area contributed by atoms with E-state index in [1.807, 2.05) is 0 Å². The first kappa shape index (κ1) is 17.3. The van der Waals surface area contributed by atoms with Crippen LogP contribution in [0.2, 0.25) is 0 Å². The van der Waals surface area contributed by atoms with Crippen molar-refractivity contribution >= 4 is 11.8 Å². The molecular formula is C11H19N3O5. The predicted octanol–water partition coefficient (Wildman–Crippen LogP) is 0.0610. The van der Waals surface area contributed by atoms with Gasteiger partial charge >= 0.3 is 11.8 Å². The average Bonchev–Trinajstić information content (AvgIpc) is 2.37. The Morgan fingerprint density at radius 3 is 2.26 bits per heavy atom. The van der Waals surface area contributed by atoms with Gasteiger partial charge in [0.1, 0.15) is 6.07 Å². The number of hydroxylamine groups is 2. The smallest absolute Gasteiger partial charge is 0.349 e. The van der Waals surface area contributed by atoms with Gasteiger partial charge in [-0.2, -0.15) is 5.26 Å². The minimum absolute atomic E-state index is 0.154. The summed E-state index contributed by atoms with van der Waals surface area (Å²) in [6.07, 6.45) is -1.50. The summed E-state index contributed by atoms with van der Waals surface area (Å²) >= 11 is 0. The Bertz CT molecular complexity index is 353. The lowest BCUT2D eigenvalue weighted by molar-refractivity contribution is -0.351. The summed E-state index contributed by atoms with van der Waals surface area (Å²) in [4.78, 5) is 34.6. The fourth-order valence-electron chi connectivity index (χ4n) is 1.08. The molecule has 1 atom stereocenters. The van der Waals surface area contributed by atoms with Gasteiger partial charge in [-0.05, 0) is 20.8 Å². The molecule has 0 aliphatic heterocycles. The lowest BCUT2D eigenvalue weighted by Crippen LogP contribution is -2.48. The summed E-state index contributed by atoms with van der Waals surface area (Å²) in [5, 5.41) is 9.28. The number of hydrogen-bond acceptors (Lipinski definition) is 6. The molecule has 2 amide bonds. The van der Waals surface area contributed by atoms with Gasteiger partial charge in [0.15, 0.2) is 0 Å². The fourth-order valence-corrected chi connectivity index (χ4v) is 1.08. The first-order valence-electron chi connectivity index (χ1n) is 5.72. The van der Waals surface area contributed by atoms with Crippen molar-refractivity contribution in [2.24, 2.45) is 0 Å². The van der Waals surface area contributed by atoms with Crippen LogP contribution in [0.1, 0.15) is 20.8 Å². The molecule has 0 fully saturated rings. The van der Waals surface area contributed by atoms with Crippen LogP contribution in [0.25, 0.3) is 0 Å². The second-order valence-corrected chi connectivity index (χ2v) is 3.77. The van der Waals surface area contributed by atoms with E-state index in [2.05, 4.69) is 0 Å². The van der Waals surface area contributed by atoms with Crippen LogP contribution in [0.3, 0.4) is 0 Å². The number of ether oxygens (including phenoxy) is 1. The van der Waals surface area contributed by atoms with Gasteiger partial charge in [0.2, 0.25) is 6.23 Å². The molecular weight excluding hydrogens is 254 g/mol. The standard InChI is InChI=1S/C11H19N3O5/c1-6-18-14(19-8(2)3)11(16)10(15)13(4)9(7-12)17-5/h8-9H,6H2,1-5H3. The van der Waals surface area contributed by atoms with Crippen LogP contribution >= 0.6 is 0 Å². The molecule has 0 aromatic carbocycles. The van der Waals surface area contributed by atoms with E-state index in [0.29, 0.717) is 5.23 Å². The molecule has 1 unspecified atom stereocenters. The van der Waals surface area contributed by atoms with Crippen LogP contribution < -0.4 is 0 Å². The van der Waals surface area contributed by atoms with Crippen molar-refractivity contribution in [3.05, 3.63) is 0 Å². The second kappa shape index (κ2) is 8.42. The van der Waals surface area contributed by atoms with Crippen molar-refractivity contribution in [1.82, 2.24) is 10.1 Å².